The maximum atomic E-state index is 13.1. The summed E-state index contributed by atoms with van der Waals surface area (Å²) in [6.07, 6.45) is 0. The summed E-state index contributed by atoms with van der Waals surface area (Å²) in [5.41, 5.74) is 2.28. The summed E-state index contributed by atoms with van der Waals surface area (Å²) >= 11 is 0. The zero-order valence-corrected chi connectivity index (χ0v) is 17.1. The number of ether oxygens (including phenoxy) is 1. The van der Waals surface area contributed by atoms with Gasteiger partial charge in [-0.15, -0.1) is 0 Å². The molecule has 7 nitrogen and oxygen atoms in total. The van der Waals surface area contributed by atoms with Crippen LogP contribution in [-0.4, -0.2) is 65.7 Å². The third-order valence-corrected chi connectivity index (χ3v) is 6.13. The Morgan fingerprint density at radius 2 is 1.93 bits per heavy atom. The van der Waals surface area contributed by atoms with Gasteiger partial charge in [0.1, 0.15) is 11.3 Å². The van der Waals surface area contributed by atoms with Gasteiger partial charge < -0.3 is 14.2 Å². The van der Waals surface area contributed by atoms with Gasteiger partial charge in [0.25, 0.3) is 5.91 Å². The highest BCUT2D eigenvalue weighted by Gasteiger charge is 2.49. The van der Waals surface area contributed by atoms with E-state index in [-0.39, 0.29) is 29.8 Å². The Balaban J connectivity index is 1.61. The summed E-state index contributed by atoms with van der Waals surface area (Å²) in [5, 5.41) is 3.91. The lowest BCUT2D eigenvalue weighted by atomic mass is 9.84. The van der Waals surface area contributed by atoms with Gasteiger partial charge in [0, 0.05) is 38.1 Å². The first kappa shape index (κ1) is 19.6. The highest BCUT2D eigenvalue weighted by Crippen LogP contribution is 2.40. The minimum absolute atomic E-state index is 0.0579. The Hall–Kier alpha value is -2.67. The number of carbonyl (C=O) groups excluding carboxylic acids is 2. The van der Waals surface area contributed by atoms with Crippen molar-refractivity contribution in [3.63, 3.8) is 0 Å². The molecule has 7 heteroatoms. The van der Waals surface area contributed by atoms with Gasteiger partial charge in [-0.25, -0.2) is 0 Å². The molecule has 0 saturated carbocycles. The van der Waals surface area contributed by atoms with E-state index in [2.05, 4.69) is 22.2 Å². The number of aryl methyl sites for hydroxylation is 2. The number of fused-ring (bicyclic) bond motifs is 1. The van der Waals surface area contributed by atoms with E-state index in [1.54, 1.807) is 13.8 Å². The predicted octanol–water partition coefficient (Wildman–Crippen LogP) is 2.39. The molecule has 1 aromatic heterocycles. The minimum Gasteiger partial charge on any atom is -0.466 e. The molecule has 0 aliphatic carbocycles. The number of hydrogen-bond donors (Lipinski definition) is 0. The zero-order valence-electron chi connectivity index (χ0n) is 17.1. The van der Waals surface area contributed by atoms with Gasteiger partial charge in [-0.2, -0.15) is 0 Å². The number of piperazine rings is 1. The number of rotatable bonds is 4. The average molecular weight is 397 g/mol. The summed E-state index contributed by atoms with van der Waals surface area (Å²) in [7, 11) is 0. The topological polar surface area (TPSA) is 75.9 Å². The number of benzene rings is 1. The Morgan fingerprint density at radius 3 is 2.59 bits per heavy atom. The number of carbonyl (C=O) groups is 2. The molecule has 0 N–H and O–H groups in total. The molecule has 0 bridgehead atoms. The smallest absolute Gasteiger partial charge is 0.311 e. The van der Waals surface area contributed by atoms with Gasteiger partial charge >= 0.3 is 5.97 Å². The number of nitrogens with zero attached hydrogens (tertiary/aromatic N) is 3. The largest absolute Gasteiger partial charge is 0.466 e. The van der Waals surface area contributed by atoms with Gasteiger partial charge in [-0.3, -0.25) is 14.5 Å². The second kappa shape index (κ2) is 7.99. The third kappa shape index (κ3) is 3.55. The van der Waals surface area contributed by atoms with Crippen molar-refractivity contribution in [1.82, 2.24) is 15.0 Å². The van der Waals surface area contributed by atoms with Crippen molar-refractivity contribution in [3.05, 3.63) is 52.9 Å². The summed E-state index contributed by atoms with van der Waals surface area (Å²) in [5.74, 6) is 0.0459. The summed E-state index contributed by atoms with van der Waals surface area (Å²) < 4.78 is 10.6. The maximum absolute atomic E-state index is 13.1. The normalized spacial score (nSPS) is 24.4. The summed E-state index contributed by atoms with van der Waals surface area (Å²) in [6.45, 7) is 8.37. The Morgan fingerprint density at radius 1 is 1.17 bits per heavy atom. The van der Waals surface area contributed by atoms with Crippen molar-refractivity contribution in [3.8, 4) is 0 Å². The molecule has 0 spiro atoms. The molecule has 29 heavy (non-hydrogen) atoms. The first-order valence-corrected chi connectivity index (χ1v) is 10.2. The molecule has 1 amide bonds. The summed E-state index contributed by atoms with van der Waals surface area (Å²) in [4.78, 5) is 30.2. The van der Waals surface area contributed by atoms with Crippen LogP contribution < -0.4 is 0 Å². The van der Waals surface area contributed by atoms with E-state index in [1.165, 1.54) is 0 Å². The molecule has 4 rings (SSSR count). The van der Waals surface area contributed by atoms with Crippen LogP contribution in [0.4, 0.5) is 0 Å². The van der Waals surface area contributed by atoms with E-state index in [0.717, 1.165) is 18.7 Å². The number of amides is 1. The van der Waals surface area contributed by atoms with E-state index in [4.69, 9.17) is 9.26 Å². The van der Waals surface area contributed by atoms with Crippen molar-refractivity contribution in [2.45, 2.75) is 32.7 Å². The molecule has 3 heterocycles. The van der Waals surface area contributed by atoms with Crippen LogP contribution in [0.15, 0.2) is 34.9 Å². The SMILES string of the molecule is CCOC(=O)[C@@H]1[C@@H](c2ccccc2)CN2CCN(C(=O)c3c(C)noc3C)C[C@H]12. The maximum Gasteiger partial charge on any atom is 0.311 e. The average Bonchev–Trinajstić information content (AvgIpc) is 3.27. The highest BCUT2D eigenvalue weighted by atomic mass is 16.5. The van der Waals surface area contributed by atoms with Crippen LogP contribution in [-0.2, 0) is 9.53 Å². The van der Waals surface area contributed by atoms with E-state index in [9.17, 15) is 9.59 Å². The first-order chi connectivity index (χ1) is 14.0. The fourth-order valence-corrected chi connectivity index (χ4v) is 4.75. The molecule has 2 fully saturated rings. The lowest BCUT2D eigenvalue weighted by Crippen LogP contribution is -2.54. The van der Waals surface area contributed by atoms with Crippen LogP contribution in [0.2, 0.25) is 0 Å². The van der Waals surface area contributed by atoms with E-state index in [1.807, 2.05) is 30.0 Å². The van der Waals surface area contributed by atoms with Gasteiger partial charge in [-0.1, -0.05) is 35.5 Å². The molecule has 2 aliphatic rings. The lowest BCUT2D eigenvalue weighted by Gasteiger charge is -2.38. The van der Waals surface area contributed by atoms with Crippen LogP contribution in [0.1, 0.15) is 40.2 Å². The van der Waals surface area contributed by atoms with Crippen LogP contribution in [0.3, 0.4) is 0 Å². The van der Waals surface area contributed by atoms with Gasteiger partial charge in [0.05, 0.1) is 18.2 Å². The van der Waals surface area contributed by atoms with Gasteiger partial charge in [0.15, 0.2) is 0 Å². The van der Waals surface area contributed by atoms with Crippen molar-refractivity contribution in [2.75, 3.05) is 32.8 Å². The molecule has 154 valence electrons. The number of aromatic nitrogens is 1. The fourth-order valence-electron chi connectivity index (χ4n) is 4.75. The van der Waals surface area contributed by atoms with Crippen molar-refractivity contribution < 1.29 is 18.8 Å². The van der Waals surface area contributed by atoms with Crippen molar-refractivity contribution in [2.24, 2.45) is 5.92 Å². The monoisotopic (exact) mass is 397 g/mol. The molecule has 0 unspecified atom stereocenters. The summed E-state index contributed by atoms with van der Waals surface area (Å²) in [6, 6.07) is 10.1. The molecule has 0 radical (unpaired) electrons. The van der Waals surface area contributed by atoms with Crippen molar-refractivity contribution in [1.29, 1.82) is 0 Å². The standard InChI is InChI=1S/C22H27N3O4/c1-4-28-22(27)20-17(16-8-6-5-7-9-16)12-24-10-11-25(13-18(20)24)21(26)19-14(2)23-29-15(19)3/h5-9,17-18,20H,4,10-13H2,1-3H3/t17-,18-,20-/m1/s1. The van der Waals surface area contributed by atoms with E-state index >= 15 is 0 Å². The number of esters is 1. The van der Waals surface area contributed by atoms with E-state index in [0.29, 0.717) is 36.7 Å². The van der Waals surface area contributed by atoms with E-state index < -0.39 is 0 Å². The predicted molar refractivity (Wildman–Crippen MR) is 107 cm³/mol. The Bertz CT molecular complexity index is 875. The molecular formula is C22H27N3O4. The molecular weight excluding hydrogens is 370 g/mol. The van der Waals surface area contributed by atoms with Crippen LogP contribution in [0.5, 0.6) is 0 Å². The van der Waals surface area contributed by atoms with Crippen LogP contribution >= 0.6 is 0 Å². The van der Waals surface area contributed by atoms with Crippen LogP contribution in [0, 0.1) is 19.8 Å². The minimum atomic E-state index is -0.294. The lowest BCUT2D eigenvalue weighted by molar-refractivity contribution is -0.149. The van der Waals surface area contributed by atoms with Gasteiger partial charge in [0.2, 0.25) is 0 Å². The molecule has 2 aliphatic heterocycles. The molecule has 2 aromatic rings. The van der Waals surface area contributed by atoms with Crippen LogP contribution in [0.25, 0.3) is 0 Å². The second-order valence-corrected chi connectivity index (χ2v) is 7.81. The quantitative estimate of drug-likeness (QED) is 0.738. The Kier molecular flexibility index (Phi) is 5.41. The Labute approximate surface area is 170 Å². The van der Waals surface area contributed by atoms with Gasteiger partial charge in [-0.05, 0) is 26.3 Å². The van der Waals surface area contributed by atoms with Crippen molar-refractivity contribution >= 4 is 11.9 Å². The second-order valence-electron chi connectivity index (χ2n) is 7.81. The zero-order chi connectivity index (χ0) is 20.5. The molecule has 2 saturated heterocycles. The molecule has 1 aromatic carbocycles. The molecule has 3 atom stereocenters. The fraction of sp³-hybridized carbons (Fsp3) is 0.500. The highest BCUT2D eigenvalue weighted by molar-refractivity contribution is 5.96. The third-order valence-electron chi connectivity index (χ3n) is 6.13. The first-order valence-electron chi connectivity index (χ1n) is 10.2. The number of hydrogen-bond acceptors (Lipinski definition) is 6.